The highest BCUT2D eigenvalue weighted by molar-refractivity contribution is 9.10. The van der Waals surface area contributed by atoms with Crippen LogP contribution in [0.5, 0.6) is 0 Å². The van der Waals surface area contributed by atoms with E-state index in [9.17, 15) is 4.79 Å². The van der Waals surface area contributed by atoms with Crippen molar-refractivity contribution in [2.24, 2.45) is 0 Å². The molecule has 0 atom stereocenters. The summed E-state index contributed by atoms with van der Waals surface area (Å²) in [5, 5.41) is 12.0. The molecule has 1 N–H and O–H groups in total. The van der Waals surface area contributed by atoms with Crippen LogP contribution < -0.4 is 5.32 Å². The summed E-state index contributed by atoms with van der Waals surface area (Å²) in [6, 6.07) is 9.51. The van der Waals surface area contributed by atoms with Crippen LogP contribution in [0.15, 0.2) is 39.4 Å². The van der Waals surface area contributed by atoms with Crippen molar-refractivity contribution in [3.05, 3.63) is 50.7 Å². The molecule has 0 bridgehead atoms. The molecular formula is C15H11Br2N3O. The Morgan fingerprint density at radius 1 is 1.29 bits per heavy atom. The molecule has 1 aliphatic rings. The van der Waals surface area contributed by atoms with Gasteiger partial charge in [0, 0.05) is 21.2 Å². The fraction of sp³-hybridized carbons (Fsp3) is 0.200. The van der Waals surface area contributed by atoms with E-state index in [1.165, 1.54) is 0 Å². The van der Waals surface area contributed by atoms with Crippen LogP contribution in [0.4, 0.5) is 5.69 Å². The lowest BCUT2D eigenvalue weighted by atomic mass is 10.2. The molecule has 1 amide bonds. The van der Waals surface area contributed by atoms with Crippen LogP contribution in [0, 0.1) is 11.3 Å². The molecule has 1 aliphatic carbocycles. The van der Waals surface area contributed by atoms with Gasteiger partial charge < -0.3 is 9.88 Å². The maximum atomic E-state index is 12.5. The number of nitrogens with one attached hydrogen (secondary N) is 1. The van der Waals surface area contributed by atoms with E-state index in [0.717, 1.165) is 21.8 Å². The van der Waals surface area contributed by atoms with E-state index in [4.69, 9.17) is 5.26 Å². The van der Waals surface area contributed by atoms with Crippen LogP contribution in [-0.2, 0) is 0 Å². The third-order valence-corrected chi connectivity index (χ3v) is 4.27. The van der Waals surface area contributed by atoms with Gasteiger partial charge in [-0.25, -0.2) is 0 Å². The van der Waals surface area contributed by atoms with Crippen molar-refractivity contribution in [1.29, 1.82) is 5.26 Å². The van der Waals surface area contributed by atoms with Gasteiger partial charge in [-0.05, 0) is 53.0 Å². The van der Waals surface area contributed by atoms with Gasteiger partial charge in [-0.2, -0.15) is 5.26 Å². The Kier molecular flexibility index (Phi) is 3.87. The zero-order valence-corrected chi connectivity index (χ0v) is 14.1. The summed E-state index contributed by atoms with van der Waals surface area (Å²) in [6.45, 7) is 0. The largest absolute Gasteiger partial charge is 0.339 e. The highest BCUT2D eigenvalue weighted by atomic mass is 79.9. The quantitative estimate of drug-likeness (QED) is 0.814. The van der Waals surface area contributed by atoms with Gasteiger partial charge in [-0.15, -0.1) is 0 Å². The number of halogens is 2. The van der Waals surface area contributed by atoms with Crippen LogP contribution >= 0.6 is 31.9 Å². The zero-order valence-electron chi connectivity index (χ0n) is 10.9. The van der Waals surface area contributed by atoms with E-state index in [2.05, 4.69) is 43.2 Å². The van der Waals surface area contributed by atoms with Crippen LogP contribution in [0.25, 0.3) is 0 Å². The number of anilines is 1. The van der Waals surface area contributed by atoms with Crippen molar-refractivity contribution < 1.29 is 4.79 Å². The SMILES string of the molecule is N#Cc1cc(Br)ccc1NC(=O)c1cc(Br)cn1C1CC1. The monoisotopic (exact) mass is 407 g/mol. The number of aromatic nitrogens is 1. The summed E-state index contributed by atoms with van der Waals surface area (Å²) in [7, 11) is 0. The van der Waals surface area contributed by atoms with Gasteiger partial charge in [0.25, 0.3) is 5.91 Å². The predicted molar refractivity (Wildman–Crippen MR) is 87.2 cm³/mol. The molecule has 2 aromatic rings. The number of rotatable bonds is 3. The average molecular weight is 409 g/mol. The minimum absolute atomic E-state index is 0.202. The Morgan fingerprint density at radius 3 is 2.71 bits per heavy atom. The Morgan fingerprint density at radius 2 is 2.05 bits per heavy atom. The second-order valence-corrected chi connectivity index (χ2v) is 6.77. The number of hydrogen-bond donors (Lipinski definition) is 1. The topological polar surface area (TPSA) is 57.8 Å². The molecule has 0 radical (unpaired) electrons. The van der Waals surface area contributed by atoms with Gasteiger partial charge in [0.05, 0.1) is 11.3 Å². The molecule has 1 aromatic carbocycles. The van der Waals surface area contributed by atoms with E-state index in [1.807, 2.05) is 10.8 Å². The zero-order chi connectivity index (χ0) is 15.0. The van der Waals surface area contributed by atoms with Crippen molar-refractivity contribution in [1.82, 2.24) is 4.57 Å². The summed E-state index contributed by atoms with van der Waals surface area (Å²) in [5.41, 5.74) is 1.56. The molecule has 0 saturated heterocycles. The molecule has 1 fully saturated rings. The molecular weight excluding hydrogens is 398 g/mol. The standard InChI is InChI=1S/C15H11Br2N3O/c16-10-1-4-13(9(5-10)7-18)19-15(21)14-6-11(17)8-20(14)12-2-3-12/h1,4-6,8,12H,2-3H2,(H,19,21). The van der Waals surface area contributed by atoms with Crippen molar-refractivity contribution in [3.8, 4) is 6.07 Å². The number of benzene rings is 1. The fourth-order valence-corrected chi connectivity index (χ4v) is 2.99. The molecule has 6 heteroatoms. The van der Waals surface area contributed by atoms with Crippen LogP contribution in [0.2, 0.25) is 0 Å². The van der Waals surface area contributed by atoms with Crippen LogP contribution in [0.3, 0.4) is 0 Å². The molecule has 0 spiro atoms. The first-order chi connectivity index (χ1) is 10.1. The van der Waals surface area contributed by atoms with E-state index < -0.39 is 0 Å². The van der Waals surface area contributed by atoms with Crippen LogP contribution in [0.1, 0.15) is 34.9 Å². The van der Waals surface area contributed by atoms with Gasteiger partial charge in [-0.1, -0.05) is 15.9 Å². The highest BCUT2D eigenvalue weighted by Crippen LogP contribution is 2.37. The maximum Gasteiger partial charge on any atom is 0.272 e. The Hall–Kier alpha value is -1.58. The number of carbonyl (C=O) groups is 1. The average Bonchev–Trinajstić information content (AvgIpc) is 3.23. The van der Waals surface area contributed by atoms with E-state index in [-0.39, 0.29) is 5.91 Å². The lowest BCUT2D eigenvalue weighted by Gasteiger charge is -2.10. The normalized spacial score (nSPS) is 13.8. The maximum absolute atomic E-state index is 12.5. The van der Waals surface area contributed by atoms with Gasteiger partial charge in [0.15, 0.2) is 0 Å². The Labute approximate surface area is 139 Å². The summed E-state index contributed by atoms with van der Waals surface area (Å²) >= 11 is 6.73. The second kappa shape index (κ2) is 5.66. The van der Waals surface area contributed by atoms with Gasteiger partial charge in [-0.3, -0.25) is 4.79 Å². The third kappa shape index (κ3) is 3.04. The Balaban J connectivity index is 1.89. The van der Waals surface area contributed by atoms with E-state index in [0.29, 0.717) is 23.0 Å². The number of nitrogens with zero attached hydrogens (tertiary/aromatic N) is 2. The minimum Gasteiger partial charge on any atom is -0.339 e. The van der Waals surface area contributed by atoms with E-state index in [1.54, 1.807) is 24.3 Å². The van der Waals surface area contributed by atoms with Crippen molar-refractivity contribution >= 4 is 43.5 Å². The van der Waals surface area contributed by atoms with Crippen molar-refractivity contribution in [2.45, 2.75) is 18.9 Å². The van der Waals surface area contributed by atoms with Gasteiger partial charge >= 0.3 is 0 Å². The van der Waals surface area contributed by atoms with Gasteiger partial charge in [0.2, 0.25) is 0 Å². The second-order valence-electron chi connectivity index (χ2n) is 4.94. The summed E-state index contributed by atoms with van der Waals surface area (Å²) in [6.07, 6.45) is 4.13. The lowest BCUT2D eigenvalue weighted by Crippen LogP contribution is -2.17. The molecule has 4 nitrogen and oxygen atoms in total. The fourth-order valence-electron chi connectivity index (χ4n) is 2.19. The Bertz CT molecular complexity index is 757. The third-order valence-electron chi connectivity index (χ3n) is 3.34. The van der Waals surface area contributed by atoms with Crippen molar-refractivity contribution in [3.63, 3.8) is 0 Å². The number of nitriles is 1. The molecule has 1 aromatic heterocycles. The number of hydrogen-bond acceptors (Lipinski definition) is 2. The molecule has 21 heavy (non-hydrogen) atoms. The molecule has 1 heterocycles. The first-order valence-electron chi connectivity index (χ1n) is 6.47. The predicted octanol–water partition coefficient (Wildman–Crippen LogP) is 4.47. The minimum atomic E-state index is -0.202. The first-order valence-corrected chi connectivity index (χ1v) is 8.05. The molecule has 3 rings (SSSR count). The smallest absolute Gasteiger partial charge is 0.272 e. The molecule has 0 unspecified atom stereocenters. The molecule has 1 saturated carbocycles. The highest BCUT2D eigenvalue weighted by Gasteiger charge is 2.28. The van der Waals surface area contributed by atoms with E-state index >= 15 is 0 Å². The summed E-state index contributed by atoms with van der Waals surface area (Å²) in [4.78, 5) is 12.5. The number of amides is 1. The number of carbonyl (C=O) groups excluding carboxylic acids is 1. The summed E-state index contributed by atoms with van der Waals surface area (Å²) < 4.78 is 3.68. The first kappa shape index (κ1) is 14.4. The lowest BCUT2D eigenvalue weighted by molar-refractivity contribution is 0.101. The molecule has 106 valence electrons. The summed E-state index contributed by atoms with van der Waals surface area (Å²) in [5.74, 6) is -0.202. The molecule has 0 aliphatic heterocycles. The van der Waals surface area contributed by atoms with Gasteiger partial charge in [0.1, 0.15) is 11.8 Å². The van der Waals surface area contributed by atoms with Crippen LogP contribution in [-0.4, -0.2) is 10.5 Å². The van der Waals surface area contributed by atoms with Crippen molar-refractivity contribution in [2.75, 3.05) is 5.32 Å².